The molecule has 0 aliphatic carbocycles. The Labute approximate surface area is 137 Å². The highest BCUT2D eigenvalue weighted by Crippen LogP contribution is 2.15. The van der Waals surface area contributed by atoms with Crippen molar-refractivity contribution in [3.63, 3.8) is 0 Å². The Morgan fingerprint density at radius 3 is 2.54 bits per heavy atom. The summed E-state index contributed by atoms with van der Waals surface area (Å²) in [5.74, 6) is -0.335. The van der Waals surface area contributed by atoms with E-state index in [1.165, 1.54) is 25.5 Å². The molecule has 3 rings (SSSR count). The Bertz CT molecular complexity index is 899. The van der Waals surface area contributed by atoms with Gasteiger partial charge >= 0.3 is 0 Å². The minimum absolute atomic E-state index is 0.197. The summed E-state index contributed by atoms with van der Waals surface area (Å²) in [6.45, 7) is 1.88. The van der Waals surface area contributed by atoms with Crippen LogP contribution in [0, 0.1) is 0 Å². The molecule has 0 spiro atoms. The first-order valence-corrected chi connectivity index (χ1v) is 7.35. The molecule has 0 aliphatic rings. The fraction of sp³-hybridized carbons (Fsp3) is 0.188. The van der Waals surface area contributed by atoms with E-state index in [0.717, 1.165) is 15.9 Å². The van der Waals surface area contributed by atoms with Gasteiger partial charge in [0.15, 0.2) is 0 Å². The zero-order valence-electron chi connectivity index (χ0n) is 13.2. The summed E-state index contributed by atoms with van der Waals surface area (Å²) >= 11 is 0. The van der Waals surface area contributed by atoms with Crippen molar-refractivity contribution in [1.29, 1.82) is 0 Å². The Hall–Kier alpha value is -3.29. The molecular weight excluding hydrogens is 308 g/mol. The molecule has 1 unspecified atom stereocenters. The van der Waals surface area contributed by atoms with Crippen molar-refractivity contribution in [2.45, 2.75) is 13.0 Å². The quantitative estimate of drug-likeness (QED) is 0.768. The summed E-state index contributed by atoms with van der Waals surface area (Å²) in [7, 11) is 1.51. The highest BCUT2D eigenvalue weighted by Gasteiger charge is 2.13. The van der Waals surface area contributed by atoms with Gasteiger partial charge in [-0.1, -0.05) is 12.1 Å². The third kappa shape index (κ3) is 3.22. The number of aryl methyl sites for hydroxylation is 1. The molecule has 0 bridgehead atoms. The van der Waals surface area contributed by atoms with Crippen LogP contribution in [-0.4, -0.2) is 30.5 Å². The Kier molecular flexibility index (Phi) is 4.19. The minimum atomic E-state index is -0.335. The standard InChI is InChI=1S/C16H16N6O2/c1-11(19-16(24)14-7-8-15(23)21(2)20-14)12-3-5-13(6-4-12)22-10-17-9-18-22/h3-11H,1-2H3,(H,19,24). The van der Waals surface area contributed by atoms with Crippen molar-refractivity contribution < 1.29 is 4.79 Å². The van der Waals surface area contributed by atoms with Crippen molar-refractivity contribution in [2.24, 2.45) is 7.05 Å². The third-order valence-electron chi connectivity index (χ3n) is 3.62. The number of hydrogen-bond acceptors (Lipinski definition) is 5. The maximum atomic E-state index is 12.2. The average Bonchev–Trinajstić information content (AvgIpc) is 3.12. The summed E-state index contributed by atoms with van der Waals surface area (Å²) < 4.78 is 2.79. The summed E-state index contributed by atoms with van der Waals surface area (Å²) in [6.07, 6.45) is 3.09. The maximum absolute atomic E-state index is 12.2. The predicted octanol–water partition coefficient (Wildman–Crippen LogP) is 0.852. The zero-order valence-corrected chi connectivity index (χ0v) is 13.2. The van der Waals surface area contributed by atoms with Crippen LogP contribution in [0.4, 0.5) is 0 Å². The molecule has 2 aromatic heterocycles. The van der Waals surface area contributed by atoms with E-state index in [1.807, 2.05) is 31.2 Å². The summed E-state index contributed by atoms with van der Waals surface area (Å²) in [5.41, 5.74) is 1.76. The van der Waals surface area contributed by atoms with E-state index in [4.69, 9.17) is 0 Å². The molecule has 0 saturated heterocycles. The average molecular weight is 324 g/mol. The van der Waals surface area contributed by atoms with Crippen LogP contribution in [0.2, 0.25) is 0 Å². The van der Waals surface area contributed by atoms with Gasteiger partial charge in [-0.05, 0) is 30.7 Å². The molecule has 0 fully saturated rings. The van der Waals surface area contributed by atoms with Gasteiger partial charge in [-0.3, -0.25) is 9.59 Å². The molecule has 1 N–H and O–H groups in total. The van der Waals surface area contributed by atoms with E-state index >= 15 is 0 Å². The van der Waals surface area contributed by atoms with E-state index in [-0.39, 0.29) is 23.2 Å². The van der Waals surface area contributed by atoms with E-state index in [9.17, 15) is 9.59 Å². The summed E-state index contributed by atoms with van der Waals surface area (Å²) in [6, 6.07) is 10.2. The number of aromatic nitrogens is 5. The van der Waals surface area contributed by atoms with Crippen LogP contribution in [0.25, 0.3) is 5.69 Å². The number of nitrogens with zero attached hydrogens (tertiary/aromatic N) is 5. The van der Waals surface area contributed by atoms with Gasteiger partial charge in [0.05, 0.1) is 11.7 Å². The predicted molar refractivity (Wildman–Crippen MR) is 86.7 cm³/mol. The minimum Gasteiger partial charge on any atom is -0.344 e. The number of nitrogens with one attached hydrogen (secondary N) is 1. The maximum Gasteiger partial charge on any atom is 0.272 e. The first kappa shape index (κ1) is 15.6. The first-order valence-electron chi connectivity index (χ1n) is 7.35. The van der Waals surface area contributed by atoms with Gasteiger partial charge in [-0.25, -0.2) is 14.3 Å². The van der Waals surface area contributed by atoms with E-state index in [1.54, 1.807) is 11.0 Å². The Balaban J connectivity index is 1.72. The second-order valence-corrected chi connectivity index (χ2v) is 5.31. The van der Waals surface area contributed by atoms with Crippen LogP contribution in [0.5, 0.6) is 0 Å². The van der Waals surface area contributed by atoms with Gasteiger partial charge in [0.2, 0.25) is 0 Å². The second-order valence-electron chi connectivity index (χ2n) is 5.31. The van der Waals surface area contributed by atoms with Crippen molar-refractivity contribution in [3.8, 4) is 5.69 Å². The lowest BCUT2D eigenvalue weighted by atomic mass is 10.1. The molecule has 24 heavy (non-hydrogen) atoms. The topological polar surface area (TPSA) is 94.7 Å². The van der Waals surface area contributed by atoms with Crippen LogP contribution in [-0.2, 0) is 7.05 Å². The van der Waals surface area contributed by atoms with Crippen LogP contribution >= 0.6 is 0 Å². The molecule has 2 heterocycles. The van der Waals surface area contributed by atoms with Crippen molar-refractivity contribution in [3.05, 3.63) is 70.7 Å². The van der Waals surface area contributed by atoms with Crippen LogP contribution in [0.15, 0.2) is 53.8 Å². The second kappa shape index (κ2) is 6.45. The molecule has 8 nitrogen and oxygen atoms in total. The van der Waals surface area contributed by atoms with Gasteiger partial charge in [0, 0.05) is 13.1 Å². The lowest BCUT2D eigenvalue weighted by molar-refractivity contribution is 0.0932. The SMILES string of the molecule is CC(NC(=O)c1ccc(=O)n(C)n1)c1ccc(-n2cncn2)cc1. The number of rotatable bonds is 4. The number of benzene rings is 1. The molecule has 1 atom stereocenters. The van der Waals surface area contributed by atoms with Crippen LogP contribution in [0.1, 0.15) is 29.0 Å². The van der Waals surface area contributed by atoms with Gasteiger partial charge < -0.3 is 5.32 Å². The van der Waals surface area contributed by atoms with E-state index in [0.29, 0.717) is 0 Å². The molecule has 8 heteroatoms. The van der Waals surface area contributed by atoms with Crippen molar-refractivity contribution in [2.75, 3.05) is 0 Å². The van der Waals surface area contributed by atoms with Crippen molar-refractivity contribution in [1.82, 2.24) is 29.9 Å². The summed E-state index contributed by atoms with van der Waals surface area (Å²) in [4.78, 5) is 27.5. The monoisotopic (exact) mass is 324 g/mol. The number of carbonyl (C=O) groups excluding carboxylic acids is 1. The normalized spacial score (nSPS) is 11.9. The third-order valence-corrected chi connectivity index (χ3v) is 3.62. The lowest BCUT2D eigenvalue weighted by Gasteiger charge is -2.14. The molecule has 3 aromatic rings. The molecule has 1 amide bonds. The molecule has 122 valence electrons. The Morgan fingerprint density at radius 2 is 1.92 bits per heavy atom. The lowest BCUT2D eigenvalue weighted by Crippen LogP contribution is -2.30. The molecule has 0 radical (unpaired) electrons. The largest absolute Gasteiger partial charge is 0.344 e. The number of amides is 1. The van der Waals surface area contributed by atoms with Gasteiger partial charge in [0.1, 0.15) is 18.3 Å². The number of carbonyl (C=O) groups is 1. The molecule has 0 saturated carbocycles. The van der Waals surface area contributed by atoms with Crippen molar-refractivity contribution >= 4 is 5.91 Å². The fourth-order valence-electron chi connectivity index (χ4n) is 2.23. The summed E-state index contributed by atoms with van der Waals surface area (Å²) in [5, 5.41) is 10.9. The Morgan fingerprint density at radius 1 is 1.17 bits per heavy atom. The first-order chi connectivity index (χ1) is 11.5. The van der Waals surface area contributed by atoms with Crippen LogP contribution < -0.4 is 10.9 Å². The fourth-order valence-corrected chi connectivity index (χ4v) is 2.23. The highest BCUT2D eigenvalue weighted by atomic mass is 16.2. The number of hydrogen-bond donors (Lipinski definition) is 1. The highest BCUT2D eigenvalue weighted by molar-refractivity contribution is 5.92. The van der Waals surface area contributed by atoms with E-state index in [2.05, 4.69) is 20.5 Å². The molecular formula is C16H16N6O2. The van der Waals surface area contributed by atoms with Crippen LogP contribution in [0.3, 0.4) is 0 Å². The van der Waals surface area contributed by atoms with E-state index < -0.39 is 0 Å². The smallest absolute Gasteiger partial charge is 0.272 e. The van der Waals surface area contributed by atoms with Gasteiger partial charge in [-0.2, -0.15) is 10.2 Å². The van der Waals surface area contributed by atoms with Gasteiger partial charge in [-0.15, -0.1) is 0 Å². The molecule has 1 aromatic carbocycles. The molecule has 0 aliphatic heterocycles. The zero-order chi connectivity index (χ0) is 17.1. The van der Waals surface area contributed by atoms with Gasteiger partial charge in [0.25, 0.3) is 11.5 Å².